The summed E-state index contributed by atoms with van der Waals surface area (Å²) in [4.78, 5) is 0.137. The Morgan fingerprint density at radius 2 is 1.68 bits per heavy atom. The highest BCUT2D eigenvalue weighted by Crippen LogP contribution is 2.26. The van der Waals surface area contributed by atoms with Gasteiger partial charge in [-0.2, -0.15) is 0 Å². The Morgan fingerprint density at radius 3 is 2.36 bits per heavy atom. The topological polar surface area (TPSA) is 64.6 Å². The van der Waals surface area contributed by atoms with Crippen LogP contribution in [0.3, 0.4) is 0 Å². The van der Waals surface area contributed by atoms with Gasteiger partial charge >= 0.3 is 0 Å². The van der Waals surface area contributed by atoms with E-state index in [1.807, 2.05) is 45.9 Å². The van der Waals surface area contributed by atoms with Gasteiger partial charge in [0.15, 0.2) is 0 Å². The van der Waals surface area contributed by atoms with E-state index < -0.39 is 10.0 Å². The summed E-state index contributed by atoms with van der Waals surface area (Å²) in [7, 11) is -2.21. The number of methoxy groups -OCH3 is 1. The molecule has 6 heteroatoms. The van der Waals surface area contributed by atoms with E-state index >= 15 is 0 Å². The average Bonchev–Trinajstić information content (AvgIpc) is 2.57. The maximum Gasteiger partial charge on any atom is 0.244 e. The van der Waals surface area contributed by atoms with Crippen LogP contribution in [0.2, 0.25) is 0 Å². The van der Waals surface area contributed by atoms with Crippen molar-refractivity contribution in [3.8, 4) is 11.5 Å². The second-order valence-corrected chi connectivity index (χ2v) is 7.79. The molecule has 0 bridgehead atoms. The Hall–Kier alpha value is -2.05. The van der Waals surface area contributed by atoms with E-state index in [4.69, 9.17) is 9.47 Å². The highest BCUT2D eigenvalue weighted by atomic mass is 32.2. The first-order valence-corrected chi connectivity index (χ1v) is 9.58. The van der Waals surface area contributed by atoms with E-state index in [1.165, 1.54) is 7.11 Å². The van der Waals surface area contributed by atoms with Crippen molar-refractivity contribution in [2.75, 3.05) is 20.3 Å². The zero-order valence-corrected chi connectivity index (χ0v) is 16.2. The Labute approximate surface area is 150 Å². The smallest absolute Gasteiger partial charge is 0.244 e. The van der Waals surface area contributed by atoms with Gasteiger partial charge in [-0.3, -0.25) is 0 Å². The molecule has 1 N–H and O–H groups in total. The van der Waals surface area contributed by atoms with Crippen molar-refractivity contribution in [3.05, 3.63) is 52.6 Å². The average molecular weight is 363 g/mol. The molecule has 2 aromatic carbocycles. The molecule has 5 nitrogen and oxygen atoms in total. The molecule has 0 saturated carbocycles. The SMILES string of the molecule is COc1ccc(C)cc1S(=O)(=O)NCCOc1c(C)ccc(C)c1C. The summed E-state index contributed by atoms with van der Waals surface area (Å²) >= 11 is 0. The molecule has 25 heavy (non-hydrogen) atoms. The third kappa shape index (κ3) is 4.52. The van der Waals surface area contributed by atoms with E-state index in [9.17, 15) is 8.42 Å². The second-order valence-electron chi connectivity index (χ2n) is 6.05. The number of hydrogen-bond acceptors (Lipinski definition) is 4. The van der Waals surface area contributed by atoms with Crippen LogP contribution in [0.1, 0.15) is 22.3 Å². The van der Waals surface area contributed by atoms with E-state index in [1.54, 1.807) is 12.1 Å². The standard InChI is InChI=1S/C19H25NO4S/c1-13-6-9-17(23-5)18(12-13)25(21,22)20-10-11-24-19-15(3)8-7-14(2)16(19)4/h6-9,12,20H,10-11H2,1-5H3. The summed E-state index contributed by atoms with van der Waals surface area (Å²) in [6.07, 6.45) is 0. The van der Waals surface area contributed by atoms with Crippen LogP contribution in [0.4, 0.5) is 0 Å². The van der Waals surface area contributed by atoms with Crippen molar-refractivity contribution in [1.82, 2.24) is 4.72 Å². The molecule has 0 unspecified atom stereocenters. The van der Waals surface area contributed by atoms with Gasteiger partial charge in [0.1, 0.15) is 23.0 Å². The normalized spacial score (nSPS) is 11.4. The van der Waals surface area contributed by atoms with Crippen molar-refractivity contribution in [3.63, 3.8) is 0 Å². The van der Waals surface area contributed by atoms with Gasteiger partial charge in [0.05, 0.1) is 7.11 Å². The van der Waals surface area contributed by atoms with Crippen LogP contribution >= 0.6 is 0 Å². The Balaban J connectivity index is 2.05. The highest BCUT2D eigenvalue weighted by molar-refractivity contribution is 7.89. The van der Waals surface area contributed by atoms with Gasteiger partial charge in [0.25, 0.3) is 0 Å². The fourth-order valence-electron chi connectivity index (χ4n) is 2.55. The first-order chi connectivity index (χ1) is 11.8. The molecule has 0 fully saturated rings. The van der Waals surface area contributed by atoms with Crippen LogP contribution in [-0.2, 0) is 10.0 Å². The molecule has 2 aromatic rings. The second kappa shape index (κ2) is 7.89. The first-order valence-electron chi connectivity index (χ1n) is 8.10. The van der Waals surface area contributed by atoms with Gasteiger partial charge in [-0.15, -0.1) is 0 Å². The molecule has 2 rings (SSSR count). The van der Waals surface area contributed by atoms with Crippen molar-refractivity contribution in [1.29, 1.82) is 0 Å². The van der Waals surface area contributed by atoms with Gasteiger partial charge in [0, 0.05) is 6.54 Å². The largest absolute Gasteiger partial charge is 0.495 e. The highest BCUT2D eigenvalue weighted by Gasteiger charge is 2.19. The number of hydrogen-bond donors (Lipinski definition) is 1. The minimum Gasteiger partial charge on any atom is -0.495 e. The summed E-state index contributed by atoms with van der Waals surface area (Å²) in [5, 5.41) is 0. The number of rotatable bonds is 7. The molecule has 0 radical (unpaired) electrons. The lowest BCUT2D eigenvalue weighted by atomic mass is 10.1. The molecule has 0 aromatic heterocycles. The number of aryl methyl sites for hydroxylation is 3. The van der Waals surface area contributed by atoms with Gasteiger partial charge in [-0.1, -0.05) is 18.2 Å². The van der Waals surface area contributed by atoms with E-state index in [-0.39, 0.29) is 18.0 Å². The predicted octanol–water partition coefficient (Wildman–Crippen LogP) is 3.29. The molecule has 0 aliphatic rings. The molecule has 0 aliphatic carbocycles. The Morgan fingerprint density at radius 1 is 1.00 bits per heavy atom. The van der Waals surface area contributed by atoms with Crippen molar-refractivity contribution < 1.29 is 17.9 Å². The molecule has 0 saturated heterocycles. The third-order valence-electron chi connectivity index (χ3n) is 4.12. The lowest BCUT2D eigenvalue weighted by Crippen LogP contribution is -2.28. The summed E-state index contributed by atoms with van der Waals surface area (Å²) in [6, 6.07) is 9.10. The summed E-state index contributed by atoms with van der Waals surface area (Å²) in [6.45, 7) is 8.26. The summed E-state index contributed by atoms with van der Waals surface area (Å²) in [5.41, 5.74) is 4.10. The molecule has 0 spiro atoms. The summed E-state index contributed by atoms with van der Waals surface area (Å²) < 4.78 is 38.6. The Bertz CT molecular complexity index is 860. The van der Waals surface area contributed by atoms with Crippen LogP contribution in [0.25, 0.3) is 0 Å². The molecule has 0 heterocycles. The van der Waals surface area contributed by atoms with Crippen molar-refractivity contribution in [2.45, 2.75) is 32.6 Å². The third-order valence-corrected chi connectivity index (χ3v) is 5.61. The zero-order valence-electron chi connectivity index (χ0n) is 15.3. The van der Waals surface area contributed by atoms with Gasteiger partial charge in [-0.25, -0.2) is 13.1 Å². The minimum atomic E-state index is -3.66. The number of sulfonamides is 1. The molecule has 0 aliphatic heterocycles. The Kier molecular flexibility index (Phi) is 6.08. The van der Waals surface area contributed by atoms with Crippen LogP contribution in [-0.4, -0.2) is 28.7 Å². The maximum atomic E-state index is 12.5. The maximum absolute atomic E-state index is 12.5. The minimum absolute atomic E-state index is 0.137. The molecule has 0 amide bonds. The van der Waals surface area contributed by atoms with Crippen LogP contribution < -0.4 is 14.2 Å². The monoisotopic (exact) mass is 363 g/mol. The molecular weight excluding hydrogens is 338 g/mol. The fraction of sp³-hybridized carbons (Fsp3) is 0.368. The van der Waals surface area contributed by atoms with Crippen molar-refractivity contribution in [2.24, 2.45) is 0 Å². The van der Waals surface area contributed by atoms with E-state index in [2.05, 4.69) is 4.72 Å². The van der Waals surface area contributed by atoms with Gasteiger partial charge in [0.2, 0.25) is 10.0 Å². The number of ether oxygens (including phenoxy) is 2. The van der Waals surface area contributed by atoms with Gasteiger partial charge in [-0.05, 0) is 62.1 Å². The van der Waals surface area contributed by atoms with Crippen molar-refractivity contribution >= 4 is 10.0 Å². The van der Waals surface area contributed by atoms with E-state index in [0.717, 1.165) is 28.0 Å². The fourth-order valence-corrected chi connectivity index (χ4v) is 3.81. The number of benzene rings is 2. The quantitative estimate of drug-likeness (QED) is 0.767. The van der Waals surface area contributed by atoms with Crippen LogP contribution in [0, 0.1) is 27.7 Å². The summed E-state index contributed by atoms with van der Waals surface area (Å²) in [5.74, 6) is 1.14. The molecular formula is C19H25NO4S. The molecule has 0 atom stereocenters. The van der Waals surface area contributed by atoms with Crippen LogP contribution in [0.15, 0.2) is 35.2 Å². The predicted molar refractivity (Wildman–Crippen MR) is 99.1 cm³/mol. The first kappa shape index (κ1) is 19.3. The van der Waals surface area contributed by atoms with Gasteiger partial charge < -0.3 is 9.47 Å². The zero-order chi connectivity index (χ0) is 18.6. The molecule has 136 valence electrons. The lowest BCUT2D eigenvalue weighted by Gasteiger charge is -2.15. The van der Waals surface area contributed by atoms with E-state index in [0.29, 0.717) is 5.75 Å². The number of nitrogens with one attached hydrogen (secondary N) is 1. The van der Waals surface area contributed by atoms with Crippen LogP contribution in [0.5, 0.6) is 11.5 Å². The lowest BCUT2D eigenvalue weighted by molar-refractivity contribution is 0.318.